The highest BCUT2D eigenvalue weighted by molar-refractivity contribution is 5.86. The fraction of sp³-hybridized carbons (Fsp3) is 0.188. The minimum absolute atomic E-state index is 0.269. The molecule has 20 heavy (non-hydrogen) atoms. The van der Waals surface area contributed by atoms with E-state index in [0.29, 0.717) is 11.8 Å². The van der Waals surface area contributed by atoms with Crippen molar-refractivity contribution in [3.05, 3.63) is 65.7 Å². The maximum absolute atomic E-state index is 13.8. The fourth-order valence-corrected chi connectivity index (χ4v) is 2.46. The Kier molecular flexibility index (Phi) is 3.24. The molecule has 1 unspecified atom stereocenters. The standard InChI is InChI=1S/C16H15FN2O/c1-19-9-8-11(18-19)10-16(20)14-6-7-15(17)13-5-3-2-4-12(13)14/h2-9,16,20H,10H2,1H3. The van der Waals surface area contributed by atoms with Crippen LogP contribution in [0.15, 0.2) is 48.7 Å². The number of aromatic nitrogens is 2. The third-order valence-electron chi connectivity index (χ3n) is 3.43. The number of fused-ring (bicyclic) bond motifs is 1. The molecule has 2 aromatic carbocycles. The quantitative estimate of drug-likeness (QED) is 0.794. The second-order valence-electron chi connectivity index (χ2n) is 4.88. The smallest absolute Gasteiger partial charge is 0.131 e. The Morgan fingerprint density at radius 3 is 2.60 bits per heavy atom. The van der Waals surface area contributed by atoms with Gasteiger partial charge in [-0.3, -0.25) is 4.68 Å². The number of halogens is 1. The average Bonchev–Trinajstić information content (AvgIpc) is 2.84. The SMILES string of the molecule is Cn1ccc(CC(O)c2ccc(F)c3ccccc23)n1. The molecule has 1 heterocycles. The van der Waals surface area contributed by atoms with Crippen LogP contribution in [0.1, 0.15) is 17.4 Å². The molecule has 0 spiro atoms. The van der Waals surface area contributed by atoms with Crippen molar-refractivity contribution in [2.24, 2.45) is 7.05 Å². The monoisotopic (exact) mass is 270 g/mol. The first-order valence-electron chi connectivity index (χ1n) is 6.49. The molecule has 0 aliphatic heterocycles. The van der Waals surface area contributed by atoms with Gasteiger partial charge in [-0.25, -0.2) is 4.39 Å². The number of benzene rings is 2. The highest BCUT2D eigenvalue weighted by Crippen LogP contribution is 2.28. The number of hydrogen-bond donors (Lipinski definition) is 1. The molecule has 1 N–H and O–H groups in total. The van der Waals surface area contributed by atoms with Crippen molar-refractivity contribution in [3.63, 3.8) is 0 Å². The summed E-state index contributed by atoms with van der Waals surface area (Å²) in [7, 11) is 1.84. The summed E-state index contributed by atoms with van der Waals surface area (Å²) in [6, 6.07) is 12.1. The van der Waals surface area contributed by atoms with Crippen molar-refractivity contribution >= 4 is 10.8 Å². The molecule has 3 nitrogen and oxygen atoms in total. The zero-order valence-corrected chi connectivity index (χ0v) is 11.1. The largest absolute Gasteiger partial charge is 0.388 e. The Balaban J connectivity index is 1.99. The number of aliphatic hydroxyl groups is 1. The Bertz CT molecular complexity index is 751. The van der Waals surface area contributed by atoms with Gasteiger partial charge in [-0.2, -0.15) is 5.10 Å². The Hall–Kier alpha value is -2.20. The van der Waals surface area contributed by atoms with Crippen molar-refractivity contribution < 1.29 is 9.50 Å². The summed E-state index contributed by atoms with van der Waals surface area (Å²) in [6.45, 7) is 0. The molecule has 102 valence electrons. The summed E-state index contributed by atoms with van der Waals surface area (Å²) in [6.07, 6.45) is 1.55. The molecular weight excluding hydrogens is 255 g/mol. The van der Waals surface area contributed by atoms with E-state index in [0.717, 1.165) is 16.6 Å². The van der Waals surface area contributed by atoms with Gasteiger partial charge in [0.1, 0.15) is 5.82 Å². The number of aliphatic hydroxyl groups excluding tert-OH is 1. The van der Waals surface area contributed by atoms with E-state index in [1.165, 1.54) is 6.07 Å². The van der Waals surface area contributed by atoms with Gasteiger partial charge in [-0.1, -0.05) is 30.3 Å². The molecule has 0 radical (unpaired) electrons. The highest BCUT2D eigenvalue weighted by Gasteiger charge is 2.14. The van der Waals surface area contributed by atoms with E-state index in [9.17, 15) is 9.50 Å². The van der Waals surface area contributed by atoms with Crippen LogP contribution in [-0.2, 0) is 13.5 Å². The second-order valence-corrected chi connectivity index (χ2v) is 4.88. The van der Waals surface area contributed by atoms with Gasteiger partial charge in [0.05, 0.1) is 11.8 Å². The fourth-order valence-electron chi connectivity index (χ4n) is 2.46. The molecule has 0 saturated carbocycles. The van der Waals surface area contributed by atoms with E-state index < -0.39 is 6.10 Å². The van der Waals surface area contributed by atoms with Crippen LogP contribution in [0.3, 0.4) is 0 Å². The normalized spacial score (nSPS) is 12.8. The zero-order valence-electron chi connectivity index (χ0n) is 11.1. The van der Waals surface area contributed by atoms with E-state index >= 15 is 0 Å². The van der Waals surface area contributed by atoms with Gasteiger partial charge in [0.25, 0.3) is 0 Å². The zero-order chi connectivity index (χ0) is 14.1. The van der Waals surface area contributed by atoms with Crippen LogP contribution in [-0.4, -0.2) is 14.9 Å². The van der Waals surface area contributed by atoms with Gasteiger partial charge in [0, 0.05) is 25.1 Å². The molecule has 3 rings (SSSR count). The maximum atomic E-state index is 13.8. The summed E-state index contributed by atoms with van der Waals surface area (Å²) in [5.74, 6) is -0.269. The van der Waals surface area contributed by atoms with Gasteiger partial charge in [-0.05, 0) is 23.1 Å². The van der Waals surface area contributed by atoms with Gasteiger partial charge >= 0.3 is 0 Å². The predicted molar refractivity (Wildman–Crippen MR) is 75.8 cm³/mol. The molecule has 0 amide bonds. The van der Waals surface area contributed by atoms with E-state index in [1.807, 2.05) is 31.4 Å². The van der Waals surface area contributed by atoms with Crippen molar-refractivity contribution in [1.29, 1.82) is 0 Å². The lowest BCUT2D eigenvalue weighted by Gasteiger charge is -2.13. The molecule has 4 heteroatoms. The lowest BCUT2D eigenvalue weighted by atomic mass is 9.97. The first-order valence-corrected chi connectivity index (χ1v) is 6.49. The minimum atomic E-state index is -0.699. The molecule has 0 bridgehead atoms. The number of aryl methyl sites for hydroxylation is 1. The Morgan fingerprint density at radius 1 is 1.15 bits per heavy atom. The second kappa shape index (κ2) is 5.06. The van der Waals surface area contributed by atoms with Gasteiger partial charge in [0.2, 0.25) is 0 Å². The Morgan fingerprint density at radius 2 is 1.90 bits per heavy atom. The number of hydrogen-bond acceptors (Lipinski definition) is 2. The first-order chi connectivity index (χ1) is 9.65. The van der Waals surface area contributed by atoms with Crippen LogP contribution in [0.5, 0.6) is 0 Å². The molecule has 0 aliphatic carbocycles. The summed E-state index contributed by atoms with van der Waals surface area (Å²) in [4.78, 5) is 0. The molecule has 0 fully saturated rings. The molecule has 0 saturated heterocycles. The predicted octanol–water partition coefficient (Wildman–Crippen LogP) is 2.99. The van der Waals surface area contributed by atoms with Crippen LogP contribution in [0.25, 0.3) is 10.8 Å². The summed E-state index contributed by atoms with van der Waals surface area (Å²) < 4.78 is 15.5. The topological polar surface area (TPSA) is 38.0 Å². The van der Waals surface area contributed by atoms with E-state index in [4.69, 9.17) is 0 Å². The summed E-state index contributed by atoms with van der Waals surface area (Å²) in [5.41, 5.74) is 1.54. The van der Waals surface area contributed by atoms with E-state index in [1.54, 1.807) is 22.9 Å². The number of nitrogens with zero attached hydrogens (tertiary/aromatic N) is 2. The average molecular weight is 270 g/mol. The number of rotatable bonds is 3. The van der Waals surface area contributed by atoms with Crippen molar-refractivity contribution in [2.75, 3.05) is 0 Å². The van der Waals surface area contributed by atoms with Crippen LogP contribution < -0.4 is 0 Å². The minimum Gasteiger partial charge on any atom is -0.388 e. The van der Waals surface area contributed by atoms with Gasteiger partial charge in [0.15, 0.2) is 0 Å². The Labute approximate surface area is 116 Å². The molecule has 0 aliphatic rings. The first kappa shape index (κ1) is 12.8. The maximum Gasteiger partial charge on any atom is 0.131 e. The van der Waals surface area contributed by atoms with Gasteiger partial charge in [-0.15, -0.1) is 0 Å². The van der Waals surface area contributed by atoms with Crippen molar-refractivity contribution in [2.45, 2.75) is 12.5 Å². The van der Waals surface area contributed by atoms with Crippen LogP contribution >= 0.6 is 0 Å². The molecule has 3 aromatic rings. The van der Waals surface area contributed by atoms with E-state index in [2.05, 4.69) is 5.10 Å². The third-order valence-corrected chi connectivity index (χ3v) is 3.43. The molecule has 1 aromatic heterocycles. The lowest BCUT2D eigenvalue weighted by molar-refractivity contribution is 0.178. The summed E-state index contributed by atoms with van der Waals surface area (Å²) >= 11 is 0. The molecule has 1 atom stereocenters. The van der Waals surface area contributed by atoms with Crippen LogP contribution in [0.2, 0.25) is 0 Å². The molecular formula is C16H15FN2O. The van der Waals surface area contributed by atoms with E-state index in [-0.39, 0.29) is 5.82 Å². The lowest BCUT2D eigenvalue weighted by Crippen LogP contribution is -2.04. The summed E-state index contributed by atoms with van der Waals surface area (Å²) in [5, 5.41) is 15.9. The van der Waals surface area contributed by atoms with Crippen LogP contribution in [0.4, 0.5) is 4.39 Å². The third kappa shape index (κ3) is 2.30. The van der Waals surface area contributed by atoms with Crippen molar-refractivity contribution in [3.8, 4) is 0 Å². The van der Waals surface area contributed by atoms with Crippen LogP contribution in [0, 0.1) is 5.82 Å². The highest BCUT2D eigenvalue weighted by atomic mass is 19.1. The van der Waals surface area contributed by atoms with Gasteiger partial charge < -0.3 is 5.11 Å². The van der Waals surface area contributed by atoms with Crippen molar-refractivity contribution in [1.82, 2.24) is 9.78 Å².